The Balaban J connectivity index is 1.23. The predicted octanol–water partition coefficient (Wildman–Crippen LogP) is 10.5. The van der Waals surface area contributed by atoms with Gasteiger partial charge in [0.25, 0.3) is 0 Å². The lowest BCUT2D eigenvalue weighted by molar-refractivity contribution is 0.477. The monoisotopic (exact) mass is 513 g/mol. The summed E-state index contributed by atoms with van der Waals surface area (Å²) in [4.78, 5) is 2.31. The van der Waals surface area contributed by atoms with Gasteiger partial charge < -0.3 is 9.64 Å². The van der Waals surface area contributed by atoms with Crippen LogP contribution in [0.3, 0.4) is 0 Å². The minimum Gasteiger partial charge on any atom is -0.453 e. The first-order chi connectivity index (χ1) is 19.7. The molecule has 1 aliphatic carbocycles. The van der Waals surface area contributed by atoms with Gasteiger partial charge in [-0.2, -0.15) is 0 Å². The first kappa shape index (κ1) is 22.9. The molecular formula is C38H27NO. The molecule has 2 aliphatic rings. The van der Waals surface area contributed by atoms with E-state index in [9.17, 15) is 0 Å². The van der Waals surface area contributed by atoms with E-state index in [4.69, 9.17) is 4.74 Å². The lowest BCUT2D eigenvalue weighted by atomic mass is 9.98. The Hall–Kier alpha value is -5.08. The summed E-state index contributed by atoms with van der Waals surface area (Å²) in [5.74, 6) is 1.72. The minimum absolute atomic E-state index is 0.857. The van der Waals surface area contributed by atoms with Gasteiger partial charge in [-0.3, -0.25) is 0 Å². The van der Waals surface area contributed by atoms with E-state index in [0.717, 1.165) is 46.1 Å². The highest BCUT2D eigenvalue weighted by Crippen LogP contribution is 2.52. The fraction of sp³-hybridized carbons (Fsp3) is 0.0526. The highest BCUT2D eigenvalue weighted by molar-refractivity contribution is 5.90. The number of anilines is 3. The summed E-state index contributed by atoms with van der Waals surface area (Å²) < 4.78 is 6.68. The third-order valence-corrected chi connectivity index (χ3v) is 8.15. The Bertz CT molecular complexity index is 1900. The van der Waals surface area contributed by atoms with Gasteiger partial charge in [-0.15, -0.1) is 0 Å². The van der Waals surface area contributed by atoms with Gasteiger partial charge in [-0.25, -0.2) is 0 Å². The van der Waals surface area contributed by atoms with E-state index in [1.54, 1.807) is 0 Å². The van der Waals surface area contributed by atoms with Gasteiger partial charge in [0, 0.05) is 5.69 Å². The van der Waals surface area contributed by atoms with Gasteiger partial charge in [0.05, 0.1) is 11.4 Å². The zero-order valence-electron chi connectivity index (χ0n) is 22.3. The lowest BCUT2D eigenvalue weighted by Crippen LogP contribution is -2.16. The molecule has 1 aliphatic heterocycles. The molecule has 6 aromatic carbocycles. The van der Waals surface area contributed by atoms with Crippen molar-refractivity contribution in [2.75, 3.05) is 4.90 Å². The van der Waals surface area contributed by atoms with Crippen LogP contribution in [-0.2, 0) is 6.42 Å². The highest BCUT2D eigenvalue weighted by atomic mass is 16.5. The molecule has 0 saturated heterocycles. The Labute approximate surface area is 234 Å². The van der Waals surface area contributed by atoms with E-state index in [2.05, 4.69) is 139 Å². The second-order valence-corrected chi connectivity index (χ2v) is 10.7. The van der Waals surface area contributed by atoms with Crippen LogP contribution in [0, 0.1) is 6.92 Å². The molecule has 0 aromatic heterocycles. The van der Waals surface area contributed by atoms with Crippen molar-refractivity contribution in [2.24, 2.45) is 0 Å². The number of aryl methyl sites for hydroxylation is 1. The first-order valence-electron chi connectivity index (χ1n) is 13.8. The molecule has 0 fully saturated rings. The molecule has 0 saturated carbocycles. The average molecular weight is 514 g/mol. The number of benzene rings is 6. The maximum atomic E-state index is 6.68. The molecule has 8 rings (SSSR count). The van der Waals surface area contributed by atoms with Crippen LogP contribution in [0.25, 0.3) is 33.4 Å². The third-order valence-electron chi connectivity index (χ3n) is 8.15. The van der Waals surface area contributed by atoms with Crippen LogP contribution in [-0.4, -0.2) is 0 Å². The van der Waals surface area contributed by atoms with Crippen LogP contribution in [0.2, 0.25) is 0 Å². The molecule has 0 bridgehead atoms. The van der Waals surface area contributed by atoms with Crippen LogP contribution in [0.5, 0.6) is 11.5 Å². The Kier molecular flexibility index (Phi) is 5.14. The number of nitrogens with zero attached hydrogens (tertiary/aromatic N) is 1. The normalized spacial score (nSPS) is 12.7. The topological polar surface area (TPSA) is 12.5 Å². The van der Waals surface area contributed by atoms with E-state index < -0.39 is 0 Å². The van der Waals surface area contributed by atoms with Crippen LogP contribution in [0.1, 0.15) is 16.7 Å². The molecule has 0 radical (unpaired) electrons. The summed E-state index contributed by atoms with van der Waals surface area (Å²) in [5.41, 5.74) is 14.6. The quantitative estimate of drug-likeness (QED) is 0.233. The maximum Gasteiger partial charge on any atom is 0.152 e. The number of hydrogen-bond donors (Lipinski definition) is 0. The molecule has 6 aromatic rings. The van der Waals surface area contributed by atoms with Gasteiger partial charge in [-0.05, 0) is 94.3 Å². The van der Waals surface area contributed by atoms with Gasteiger partial charge >= 0.3 is 0 Å². The van der Waals surface area contributed by atoms with Crippen molar-refractivity contribution < 1.29 is 4.74 Å². The van der Waals surface area contributed by atoms with Crippen molar-refractivity contribution in [1.82, 2.24) is 0 Å². The molecule has 40 heavy (non-hydrogen) atoms. The molecular weight excluding hydrogens is 486 g/mol. The molecule has 2 heteroatoms. The predicted molar refractivity (Wildman–Crippen MR) is 165 cm³/mol. The van der Waals surface area contributed by atoms with Crippen molar-refractivity contribution in [2.45, 2.75) is 13.3 Å². The van der Waals surface area contributed by atoms with Gasteiger partial charge in [0.2, 0.25) is 0 Å². The first-order valence-corrected chi connectivity index (χ1v) is 13.8. The van der Waals surface area contributed by atoms with Crippen LogP contribution < -0.4 is 9.64 Å². The highest BCUT2D eigenvalue weighted by Gasteiger charge is 2.27. The minimum atomic E-state index is 0.857. The second kappa shape index (κ2) is 9.00. The Morgan fingerprint density at radius 3 is 1.85 bits per heavy atom. The van der Waals surface area contributed by atoms with E-state index in [1.807, 2.05) is 6.07 Å². The number of hydrogen-bond acceptors (Lipinski definition) is 2. The SMILES string of the molecule is Cc1ccc(N2c3ccc(-c4ccccc4)cc3Oc3cc(-c4ccc5c(c4)Cc4ccccc4-5)ccc32)cc1. The molecule has 0 amide bonds. The number of ether oxygens (including phenoxy) is 1. The van der Waals surface area contributed by atoms with Crippen molar-refractivity contribution in [3.63, 3.8) is 0 Å². The smallest absolute Gasteiger partial charge is 0.152 e. The second-order valence-electron chi connectivity index (χ2n) is 10.7. The van der Waals surface area contributed by atoms with E-state index in [1.165, 1.54) is 38.9 Å². The van der Waals surface area contributed by atoms with E-state index in [0.29, 0.717) is 0 Å². The molecule has 0 atom stereocenters. The summed E-state index contributed by atoms with van der Waals surface area (Å²) >= 11 is 0. The lowest BCUT2D eigenvalue weighted by Gasteiger charge is -2.33. The molecule has 2 nitrogen and oxygen atoms in total. The van der Waals surface area contributed by atoms with Gasteiger partial charge in [0.15, 0.2) is 11.5 Å². The largest absolute Gasteiger partial charge is 0.453 e. The standard InChI is InChI=1S/C38H27NO/c1-25-11-16-32(17-12-25)39-35-19-14-28(26-7-3-2-4-8-26)23-37(35)40-38-24-29(15-20-36(38)39)27-13-18-34-31(21-27)22-30-9-5-6-10-33(30)34/h2-21,23-24H,22H2,1H3. The van der Waals surface area contributed by atoms with Crippen molar-refractivity contribution in [3.05, 3.63) is 150 Å². The van der Waals surface area contributed by atoms with Crippen molar-refractivity contribution >= 4 is 17.1 Å². The van der Waals surface area contributed by atoms with Gasteiger partial charge in [0.1, 0.15) is 0 Å². The number of rotatable bonds is 3. The summed E-state index contributed by atoms with van der Waals surface area (Å²) in [5, 5.41) is 0. The summed E-state index contributed by atoms with van der Waals surface area (Å²) in [6.45, 7) is 2.12. The average Bonchev–Trinajstić information content (AvgIpc) is 3.38. The molecule has 190 valence electrons. The number of fused-ring (bicyclic) bond motifs is 5. The molecule has 0 N–H and O–H groups in total. The Morgan fingerprint density at radius 2 is 1.10 bits per heavy atom. The fourth-order valence-electron chi connectivity index (χ4n) is 6.10. The van der Waals surface area contributed by atoms with Crippen molar-refractivity contribution in [3.8, 4) is 44.9 Å². The molecule has 0 unspecified atom stereocenters. The fourth-order valence-corrected chi connectivity index (χ4v) is 6.10. The zero-order valence-corrected chi connectivity index (χ0v) is 22.3. The summed E-state index contributed by atoms with van der Waals surface area (Å²) in [6.07, 6.45) is 0.984. The third kappa shape index (κ3) is 3.72. The molecule has 1 heterocycles. The summed E-state index contributed by atoms with van der Waals surface area (Å²) in [7, 11) is 0. The zero-order chi connectivity index (χ0) is 26.6. The van der Waals surface area contributed by atoms with E-state index >= 15 is 0 Å². The van der Waals surface area contributed by atoms with Crippen LogP contribution in [0.15, 0.2) is 133 Å². The summed E-state index contributed by atoms with van der Waals surface area (Å²) in [6, 6.07) is 47.9. The maximum absolute atomic E-state index is 6.68. The van der Waals surface area contributed by atoms with Crippen LogP contribution in [0.4, 0.5) is 17.1 Å². The molecule has 0 spiro atoms. The van der Waals surface area contributed by atoms with E-state index in [-0.39, 0.29) is 0 Å². The van der Waals surface area contributed by atoms with Gasteiger partial charge in [-0.1, -0.05) is 103 Å². The van der Waals surface area contributed by atoms with Crippen molar-refractivity contribution in [1.29, 1.82) is 0 Å². The van der Waals surface area contributed by atoms with Crippen LogP contribution >= 0.6 is 0 Å². The Morgan fingerprint density at radius 1 is 0.500 bits per heavy atom.